The van der Waals surface area contributed by atoms with E-state index < -0.39 is 0 Å². The van der Waals surface area contributed by atoms with Gasteiger partial charge in [-0.2, -0.15) is 0 Å². The second-order valence-corrected chi connectivity index (χ2v) is 3.17. The maximum Gasteiger partial charge on any atom is 0.0396 e. The fourth-order valence-electron chi connectivity index (χ4n) is 1.55. The van der Waals surface area contributed by atoms with Gasteiger partial charge in [-0.15, -0.1) is 0 Å². The first-order chi connectivity index (χ1) is 5.25. The number of rotatable bonds is 0. The van der Waals surface area contributed by atoms with Gasteiger partial charge >= 0.3 is 0 Å². The third-order valence-corrected chi connectivity index (χ3v) is 2.06. The van der Waals surface area contributed by atoms with Crippen LogP contribution in [0.4, 0.5) is 11.4 Å². The molecule has 1 aromatic rings. The lowest BCUT2D eigenvalue weighted by atomic mass is 10.1. The summed E-state index contributed by atoms with van der Waals surface area (Å²) in [6.45, 7) is 2.18. The Morgan fingerprint density at radius 1 is 1.55 bits per heavy atom. The Morgan fingerprint density at radius 3 is 3.18 bits per heavy atom. The Bertz CT molecular complexity index is 281. The molecule has 3 N–H and O–H groups in total. The summed E-state index contributed by atoms with van der Waals surface area (Å²) < 4.78 is 0. The molecular formula is C9H12N2. The van der Waals surface area contributed by atoms with Crippen molar-refractivity contribution in [2.45, 2.75) is 19.4 Å². The summed E-state index contributed by atoms with van der Waals surface area (Å²) in [5.74, 6) is 0. The number of hydrogen-bond acceptors (Lipinski definition) is 2. The molecule has 0 saturated carbocycles. The molecule has 0 aromatic heterocycles. The predicted octanol–water partition coefficient (Wildman–Crippen LogP) is 1.63. The molecule has 0 amide bonds. The highest BCUT2D eigenvalue weighted by molar-refractivity contribution is 5.63. The Labute approximate surface area is 66.4 Å². The molecule has 0 saturated heterocycles. The van der Waals surface area contributed by atoms with Crippen LogP contribution in [-0.2, 0) is 6.42 Å². The van der Waals surface area contributed by atoms with Crippen LogP contribution in [-0.4, -0.2) is 6.04 Å². The second kappa shape index (κ2) is 2.16. The van der Waals surface area contributed by atoms with Gasteiger partial charge < -0.3 is 11.1 Å². The molecule has 1 aromatic carbocycles. The van der Waals surface area contributed by atoms with Crippen LogP contribution < -0.4 is 11.1 Å². The second-order valence-electron chi connectivity index (χ2n) is 3.17. The van der Waals surface area contributed by atoms with Crippen LogP contribution in [0.5, 0.6) is 0 Å². The van der Waals surface area contributed by atoms with Gasteiger partial charge in [-0.1, -0.05) is 6.07 Å². The van der Waals surface area contributed by atoms with E-state index in [9.17, 15) is 0 Å². The average Bonchev–Trinajstić information content (AvgIpc) is 2.27. The number of nitrogens with one attached hydrogen (secondary N) is 1. The SMILES string of the molecule is C[C@H]1Cc2ccc(N)cc2N1. The molecule has 1 atom stereocenters. The van der Waals surface area contributed by atoms with Crippen LogP contribution in [0.25, 0.3) is 0 Å². The van der Waals surface area contributed by atoms with Crippen LogP contribution in [0.15, 0.2) is 18.2 Å². The average molecular weight is 148 g/mol. The summed E-state index contributed by atoms with van der Waals surface area (Å²) in [5, 5.41) is 3.36. The van der Waals surface area contributed by atoms with Gasteiger partial charge in [-0.3, -0.25) is 0 Å². The van der Waals surface area contributed by atoms with E-state index >= 15 is 0 Å². The molecule has 11 heavy (non-hydrogen) atoms. The molecule has 0 radical (unpaired) electrons. The third kappa shape index (κ3) is 1.04. The van der Waals surface area contributed by atoms with E-state index in [1.165, 1.54) is 11.3 Å². The molecule has 1 heterocycles. The fraction of sp³-hybridized carbons (Fsp3) is 0.333. The van der Waals surface area contributed by atoms with E-state index in [4.69, 9.17) is 5.73 Å². The minimum absolute atomic E-state index is 0.562. The quantitative estimate of drug-likeness (QED) is 0.549. The summed E-state index contributed by atoms with van der Waals surface area (Å²) >= 11 is 0. The van der Waals surface area contributed by atoms with Gasteiger partial charge in [0.25, 0.3) is 0 Å². The Kier molecular flexibility index (Phi) is 1.28. The highest BCUT2D eigenvalue weighted by atomic mass is 14.9. The van der Waals surface area contributed by atoms with Crippen molar-refractivity contribution < 1.29 is 0 Å². The molecule has 0 spiro atoms. The highest BCUT2D eigenvalue weighted by Crippen LogP contribution is 2.27. The summed E-state index contributed by atoms with van der Waals surface area (Å²) in [4.78, 5) is 0. The van der Waals surface area contributed by atoms with Gasteiger partial charge in [-0.05, 0) is 31.0 Å². The number of fused-ring (bicyclic) bond motifs is 1. The number of nitrogens with two attached hydrogens (primary N) is 1. The smallest absolute Gasteiger partial charge is 0.0396 e. The Morgan fingerprint density at radius 2 is 2.36 bits per heavy atom. The lowest BCUT2D eigenvalue weighted by Crippen LogP contribution is -2.08. The predicted molar refractivity (Wildman–Crippen MR) is 47.6 cm³/mol. The lowest BCUT2D eigenvalue weighted by Gasteiger charge is -2.02. The first kappa shape index (κ1) is 6.53. The zero-order chi connectivity index (χ0) is 7.84. The lowest BCUT2D eigenvalue weighted by molar-refractivity contribution is 0.839. The third-order valence-electron chi connectivity index (χ3n) is 2.06. The molecule has 0 aliphatic carbocycles. The number of nitrogen functional groups attached to an aromatic ring is 1. The van der Waals surface area contributed by atoms with Crippen molar-refractivity contribution in [3.8, 4) is 0 Å². The summed E-state index contributed by atoms with van der Waals surface area (Å²) in [7, 11) is 0. The van der Waals surface area contributed by atoms with E-state index in [2.05, 4.69) is 18.3 Å². The number of hydrogen-bond donors (Lipinski definition) is 2. The molecule has 1 aliphatic rings. The van der Waals surface area contributed by atoms with Crippen molar-refractivity contribution in [2.75, 3.05) is 11.1 Å². The van der Waals surface area contributed by atoms with Crippen molar-refractivity contribution in [3.05, 3.63) is 23.8 Å². The molecule has 2 rings (SSSR count). The largest absolute Gasteiger partial charge is 0.399 e. The normalized spacial score (nSPS) is 21.0. The molecular weight excluding hydrogens is 136 g/mol. The molecule has 58 valence electrons. The highest BCUT2D eigenvalue weighted by Gasteiger charge is 2.15. The van der Waals surface area contributed by atoms with E-state index in [0.29, 0.717) is 6.04 Å². The summed E-state index contributed by atoms with van der Waals surface area (Å²) in [6.07, 6.45) is 1.12. The van der Waals surface area contributed by atoms with Gasteiger partial charge in [0, 0.05) is 17.4 Å². The van der Waals surface area contributed by atoms with Gasteiger partial charge in [-0.25, -0.2) is 0 Å². The summed E-state index contributed by atoms with van der Waals surface area (Å²) in [5.41, 5.74) is 9.06. The van der Waals surface area contributed by atoms with E-state index in [0.717, 1.165) is 12.1 Å². The van der Waals surface area contributed by atoms with E-state index in [1.807, 2.05) is 12.1 Å². The van der Waals surface area contributed by atoms with Crippen LogP contribution in [0.2, 0.25) is 0 Å². The van der Waals surface area contributed by atoms with Crippen LogP contribution in [0.1, 0.15) is 12.5 Å². The Balaban J connectivity index is 2.43. The van der Waals surface area contributed by atoms with Crippen LogP contribution in [0.3, 0.4) is 0 Å². The first-order valence-corrected chi connectivity index (χ1v) is 3.90. The van der Waals surface area contributed by atoms with Gasteiger partial charge in [0.1, 0.15) is 0 Å². The molecule has 0 bridgehead atoms. The zero-order valence-electron chi connectivity index (χ0n) is 6.59. The van der Waals surface area contributed by atoms with E-state index in [-0.39, 0.29) is 0 Å². The molecule has 2 heteroatoms. The van der Waals surface area contributed by atoms with Crippen LogP contribution in [0, 0.1) is 0 Å². The summed E-state index contributed by atoms with van der Waals surface area (Å²) in [6, 6.07) is 6.62. The van der Waals surface area contributed by atoms with Crippen molar-refractivity contribution in [2.24, 2.45) is 0 Å². The van der Waals surface area contributed by atoms with Crippen molar-refractivity contribution in [1.82, 2.24) is 0 Å². The van der Waals surface area contributed by atoms with E-state index in [1.54, 1.807) is 0 Å². The van der Waals surface area contributed by atoms with Crippen molar-refractivity contribution in [3.63, 3.8) is 0 Å². The van der Waals surface area contributed by atoms with Crippen molar-refractivity contribution in [1.29, 1.82) is 0 Å². The van der Waals surface area contributed by atoms with Gasteiger partial charge in [0.2, 0.25) is 0 Å². The van der Waals surface area contributed by atoms with Crippen molar-refractivity contribution >= 4 is 11.4 Å². The standard InChI is InChI=1S/C9H12N2/c1-6-4-7-2-3-8(10)5-9(7)11-6/h2-3,5-6,11H,4,10H2,1H3/t6-/m0/s1. The number of anilines is 2. The molecule has 1 aliphatic heterocycles. The van der Waals surface area contributed by atoms with Gasteiger partial charge in [0.05, 0.1) is 0 Å². The Hall–Kier alpha value is -1.18. The van der Waals surface area contributed by atoms with Gasteiger partial charge in [0.15, 0.2) is 0 Å². The maximum atomic E-state index is 5.64. The minimum Gasteiger partial charge on any atom is -0.399 e. The molecule has 0 unspecified atom stereocenters. The molecule has 2 nitrogen and oxygen atoms in total. The molecule has 0 fully saturated rings. The topological polar surface area (TPSA) is 38.0 Å². The van der Waals surface area contributed by atoms with Crippen LogP contribution >= 0.6 is 0 Å². The maximum absolute atomic E-state index is 5.64. The monoisotopic (exact) mass is 148 g/mol. The fourth-order valence-corrected chi connectivity index (χ4v) is 1.55. The first-order valence-electron chi connectivity index (χ1n) is 3.90. The zero-order valence-corrected chi connectivity index (χ0v) is 6.59. The minimum atomic E-state index is 0.562. The number of benzene rings is 1.